The molecule has 2 amide bonds. The van der Waals surface area contributed by atoms with Crippen molar-refractivity contribution >= 4 is 11.8 Å². The molecule has 3 heterocycles. The van der Waals surface area contributed by atoms with E-state index in [2.05, 4.69) is 5.10 Å². The maximum Gasteiger partial charge on any atom is 0.254 e. The Morgan fingerprint density at radius 2 is 1.89 bits per heavy atom. The highest BCUT2D eigenvalue weighted by Gasteiger charge is 2.45. The topological polar surface area (TPSA) is 67.7 Å². The summed E-state index contributed by atoms with van der Waals surface area (Å²) in [6, 6.07) is 9.67. The van der Waals surface area contributed by atoms with Crippen LogP contribution in [0.4, 0.5) is 0 Å². The van der Waals surface area contributed by atoms with Crippen LogP contribution >= 0.6 is 0 Å². The number of amides is 2. The van der Waals surface area contributed by atoms with Crippen molar-refractivity contribution < 1.29 is 14.3 Å². The van der Waals surface area contributed by atoms with E-state index in [9.17, 15) is 9.59 Å². The molecule has 7 nitrogen and oxygen atoms in total. The second-order valence-corrected chi connectivity index (χ2v) is 7.81. The van der Waals surface area contributed by atoms with Crippen LogP contribution in [-0.2, 0) is 14.3 Å². The van der Waals surface area contributed by atoms with Gasteiger partial charge in [0, 0.05) is 25.8 Å². The minimum Gasteiger partial charge on any atom is -0.356 e. The van der Waals surface area contributed by atoms with Gasteiger partial charge in [0.2, 0.25) is 5.91 Å². The summed E-state index contributed by atoms with van der Waals surface area (Å²) < 4.78 is 7.76. The lowest BCUT2D eigenvalue weighted by molar-refractivity contribution is -0.170. The molecule has 0 N–H and O–H groups in total. The molecule has 148 valence electrons. The Kier molecular flexibility index (Phi) is 4.71. The predicted octanol–water partition coefficient (Wildman–Crippen LogP) is 1.79. The van der Waals surface area contributed by atoms with Crippen LogP contribution in [0.5, 0.6) is 0 Å². The molecule has 2 saturated heterocycles. The molecule has 0 saturated carbocycles. The number of likely N-dealkylation sites (N-methyl/N-ethyl adjacent to an activating group) is 1. The van der Waals surface area contributed by atoms with E-state index in [0.717, 1.165) is 22.5 Å². The third-order valence-corrected chi connectivity index (χ3v) is 5.80. The Morgan fingerprint density at radius 1 is 1.18 bits per heavy atom. The van der Waals surface area contributed by atoms with Gasteiger partial charge in [0.05, 0.1) is 17.8 Å². The summed E-state index contributed by atoms with van der Waals surface area (Å²) in [5.41, 5.74) is 4.08. The van der Waals surface area contributed by atoms with Gasteiger partial charge in [-0.2, -0.15) is 5.10 Å². The number of aryl methyl sites for hydroxylation is 3. The van der Waals surface area contributed by atoms with E-state index in [4.69, 9.17) is 4.74 Å². The Hall–Kier alpha value is -2.67. The van der Waals surface area contributed by atoms with Crippen LogP contribution in [0.3, 0.4) is 0 Å². The van der Waals surface area contributed by atoms with E-state index in [-0.39, 0.29) is 24.5 Å². The maximum atomic E-state index is 13.2. The molecule has 2 aromatic rings. The molecule has 2 aliphatic heterocycles. The Balaban J connectivity index is 1.53. The SMILES string of the molecule is Cc1cc(C)n(C2CN(C(=O)[C@H]3OCC(=O)N(C)[C@@H]3c3ccccc3C)C2)n1. The first-order valence-electron chi connectivity index (χ1n) is 9.61. The highest BCUT2D eigenvalue weighted by molar-refractivity contribution is 5.87. The molecule has 0 unspecified atom stereocenters. The molecule has 0 bridgehead atoms. The van der Waals surface area contributed by atoms with Crippen molar-refractivity contribution in [3.63, 3.8) is 0 Å². The van der Waals surface area contributed by atoms with Gasteiger partial charge < -0.3 is 14.5 Å². The Bertz CT molecular complexity index is 916. The summed E-state index contributed by atoms with van der Waals surface area (Å²) in [6.45, 7) is 7.15. The molecule has 2 fully saturated rings. The van der Waals surface area contributed by atoms with E-state index in [1.54, 1.807) is 16.8 Å². The number of carbonyl (C=O) groups is 2. The average Bonchev–Trinajstić information content (AvgIpc) is 2.94. The normalized spacial score (nSPS) is 23.1. The lowest BCUT2D eigenvalue weighted by atomic mass is 9.92. The van der Waals surface area contributed by atoms with Crippen molar-refractivity contribution in [1.82, 2.24) is 19.6 Å². The molecular formula is C21H26N4O3. The quantitative estimate of drug-likeness (QED) is 0.812. The number of benzene rings is 1. The Labute approximate surface area is 164 Å². The van der Waals surface area contributed by atoms with E-state index >= 15 is 0 Å². The van der Waals surface area contributed by atoms with Crippen molar-refractivity contribution in [1.29, 1.82) is 0 Å². The molecule has 2 aliphatic rings. The van der Waals surface area contributed by atoms with Crippen molar-refractivity contribution in [3.05, 3.63) is 52.8 Å². The molecule has 28 heavy (non-hydrogen) atoms. The second-order valence-electron chi connectivity index (χ2n) is 7.81. The zero-order chi connectivity index (χ0) is 20.0. The molecule has 7 heteroatoms. The fourth-order valence-electron chi connectivity index (χ4n) is 4.19. The molecule has 2 atom stereocenters. The van der Waals surface area contributed by atoms with Crippen molar-refractivity contribution in [2.24, 2.45) is 0 Å². The summed E-state index contributed by atoms with van der Waals surface area (Å²) in [4.78, 5) is 28.9. The first-order chi connectivity index (χ1) is 13.4. The molecule has 0 spiro atoms. The van der Waals surface area contributed by atoms with E-state index in [1.165, 1.54) is 0 Å². The molecule has 0 aliphatic carbocycles. The standard InChI is InChI=1S/C21H26N4O3/c1-13-7-5-6-8-17(13)19-20(28-12-18(26)23(19)4)21(27)24-10-16(11-24)25-15(3)9-14(2)22-25/h5-9,16,19-20H,10-12H2,1-4H3/t19-,20+/m1/s1. The van der Waals surface area contributed by atoms with Gasteiger partial charge in [-0.3, -0.25) is 14.3 Å². The van der Waals surface area contributed by atoms with E-state index in [1.807, 2.05) is 55.8 Å². The number of likely N-dealkylation sites (tertiary alicyclic amines) is 1. The lowest BCUT2D eigenvalue weighted by Gasteiger charge is -2.45. The lowest BCUT2D eigenvalue weighted by Crippen LogP contribution is -2.59. The zero-order valence-corrected chi connectivity index (χ0v) is 16.8. The Morgan fingerprint density at radius 3 is 2.54 bits per heavy atom. The van der Waals surface area contributed by atoms with Gasteiger partial charge in [0.15, 0.2) is 6.10 Å². The summed E-state index contributed by atoms with van der Waals surface area (Å²) in [6.07, 6.45) is -0.690. The number of hydrogen-bond acceptors (Lipinski definition) is 4. The third-order valence-electron chi connectivity index (χ3n) is 5.80. The van der Waals surface area contributed by atoms with Crippen LogP contribution in [0.2, 0.25) is 0 Å². The molecule has 4 rings (SSSR count). The fourth-order valence-corrected chi connectivity index (χ4v) is 4.19. The van der Waals surface area contributed by atoms with Gasteiger partial charge in [-0.15, -0.1) is 0 Å². The van der Waals surface area contributed by atoms with Crippen LogP contribution in [0.15, 0.2) is 30.3 Å². The van der Waals surface area contributed by atoms with Crippen LogP contribution in [-0.4, -0.2) is 64.2 Å². The molecular weight excluding hydrogens is 356 g/mol. The van der Waals surface area contributed by atoms with Gasteiger partial charge in [0.25, 0.3) is 5.91 Å². The van der Waals surface area contributed by atoms with Crippen LogP contribution in [0, 0.1) is 20.8 Å². The number of hydrogen-bond donors (Lipinski definition) is 0. The first kappa shape index (κ1) is 18.7. The van der Waals surface area contributed by atoms with Crippen molar-refractivity contribution in [3.8, 4) is 0 Å². The highest BCUT2D eigenvalue weighted by Crippen LogP contribution is 2.34. The summed E-state index contributed by atoms with van der Waals surface area (Å²) in [5.74, 6) is -0.174. The van der Waals surface area contributed by atoms with Crippen LogP contribution in [0.25, 0.3) is 0 Å². The third kappa shape index (κ3) is 3.09. The van der Waals surface area contributed by atoms with E-state index in [0.29, 0.717) is 13.1 Å². The van der Waals surface area contributed by atoms with Crippen molar-refractivity contribution in [2.75, 3.05) is 26.7 Å². The summed E-state index contributed by atoms with van der Waals surface area (Å²) >= 11 is 0. The van der Waals surface area contributed by atoms with Crippen LogP contribution < -0.4 is 0 Å². The largest absolute Gasteiger partial charge is 0.356 e. The zero-order valence-electron chi connectivity index (χ0n) is 16.8. The molecule has 0 radical (unpaired) electrons. The second kappa shape index (κ2) is 7.05. The minimum absolute atomic E-state index is 0.0645. The number of carbonyl (C=O) groups excluding carboxylic acids is 2. The highest BCUT2D eigenvalue weighted by atomic mass is 16.5. The number of morpholine rings is 1. The van der Waals surface area contributed by atoms with Gasteiger partial charge >= 0.3 is 0 Å². The van der Waals surface area contributed by atoms with Gasteiger partial charge in [-0.25, -0.2) is 0 Å². The summed E-state index contributed by atoms with van der Waals surface area (Å²) in [7, 11) is 1.75. The number of nitrogens with zero attached hydrogens (tertiary/aromatic N) is 4. The maximum absolute atomic E-state index is 13.2. The average molecular weight is 382 g/mol. The number of aromatic nitrogens is 2. The van der Waals surface area contributed by atoms with Crippen molar-refractivity contribution in [2.45, 2.75) is 39.0 Å². The van der Waals surface area contributed by atoms with Gasteiger partial charge in [-0.05, 0) is 38.0 Å². The fraction of sp³-hybridized carbons (Fsp3) is 0.476. The molecule has 1 aromatic carbocycles. The predicted molar refractivity (Wildman–Crippen MR) is 104 cm³/mol. The summed E-state index contributed by atoms with van der Waals surface area (Å²) in [5, 5.41) is 4.53. The van der Waals surface area contributed by atoms with Gasteiger partial charge in [-0.1, -0.05) is 24.3 Å². The minimum atomic E-state index is -0.690. The van der Waals surface area contributed by atoms with Gasteiger partial charge in [0.1, 0.15) is 6.61 Å². The number of rotatable bonds is 3. The molecule has 1 aromatic heterocycles. The monoisotopic (exact) mass is 382 g/mol. The smallest absolute Gasteiger partial charge is 0.254 e. The van der Waals surface area contributed by atoms with Crippen LogP contribution in [0.1, 0.15) is 34.6 Å². The first-order valence-corrected chi connectivity index (χ1v) is 9.61. The number of ether oxygens (including phenoxy) is 1. The van der Waals surface area contributed by atoms with E-state index < -0.39 is 12.1 Å².